The van der Waals surface area contributed by atoms with Crippen LogP contribution in [0.15, 0.2) is 41.8 Å². The van der Waals surface area contributed by atoms with E-state index in [1.165, 1.54) is 28.8 Å². The van der Waals surface area contributed by atoms with Gasteiger partial charge in [0.2, 0.25) is 0 Å². The van der Waals surface area contributed by atoms with Gasteiger partial charge in [0.25, 0.3) is 5.91 Å². The number of para-hydroxylation sites is 1. The molecule has 1 saturated heterocycles. The lowest BCUT2D eigenvalue weighted by Crippen LogP contribution is -2.35. The van der Waals surface area contributed by atoms with Crippen molar-refractivity contribution >= 4 is 22.9 Å². The van der Waals surface area contributed by atoms with E-state index >= 15 is 0 Å². The summed E-state index contributed by atoms with van der Waals surface area (Å²) in [5.41, 5.74) is 4.58. The number of carbonyl (C=O) groups is 1. The fourth-order valence-corrected chi connectivity index (χ4v) is 6.26. The molecule has 146 valence electrons. The number of amides is 1. The first kappa shape index (κ1) is 18.0. The van der Waals surface area contributed by atoms with Crippen LogP contribution in [0.2, 0.25) is 0 Å². The molecule has 1 aliphatic carbocycles. The minimum atomic E-state index is 0.202. The van der Waals surface area contributed by atoms with E-state index in [2.05, 4.69) is 52.9 Å². The second-order valence-corrected chi connectivity index (χ2v) is 9.37. The van der Waals surface area contributed by atoms with Crippen LogP contribution in [-0.4, -0.2) is 23.9 Å². The van der Waals surface area contributed by atoms with E-state index in [4.69, 9.17) is 0 Å². The molecule has 3 unspecified atom stereocenters. The molecule has 1 fully saturated rings. The van der Waals surface area contributed by atoms with Crippen molar-refractivity contribution in [1.29, 1.82) is 0 Å². The number of aryl methyl sites for hydroxylation is 1. The fraction of sp³-hybridized carbons (Fsp3) is 0.458. The lowest BCUT2D eigenvalue weighted by Gasteiger charge is -2.38. The molecule has 3 nitrogen and oxygen atoms in total. The summed E-state index contributed by atoms with van der Waals surface area (Å²) in [5.74, 6) is 1.14. The molecule has 1 aromatic heterocycles. The summed E-state index contributed by atoms with van der Waals surface area (Å²) in [6.45, 7) is 3.98. The first-order chi connectivity index (χ1) is 13.7. The second-order valence-electron chi connectivity index (χ2n) is 8.42. The van der Waals surface area contributed by atoms with E-state index < -0.39 is 0 Å². The lowest BCUT2D eigenvalue weighted by atomic mass is 9.77. The van der Waals surface area contributed by atoms with Gasteiger partial charge < -0.3 is 10.2 Å². The Morgan fingerprint density at radius 2 is 1.96 bits per heavy atom. The largest absolute Gasteiger partial charge is 0.376 e. The normalized spacial score (nSPS) is 26.3. The molecule has 5 rings (SSSR count). The van der Waals surface area contributed by atoms with Crippen LogP contribution in [0.25, 0.3) is 0 Å². The van der Waals surface area contributed by atoms with Crippen molar-refractivity contribution in [2.45, 2.75) is 51.0 Å². The summed E-state index contributed by atoms with van der Waals surface area (Å²) in [5, 5.41) is 6.03. The third kappa shape index (κ3) is 2.98. The Labute approximate surface area is 171 Å². The topological polar surface area (TPSA) is 32.3 Å². The molecule has 3 aliphatic rings. The number of anilines is 1. The zero-order chi connectivity index (χ0) is 19.1. The summed E-state index contributed by atoms with van der Waals surface area (Å²) in [7, 11) is 0. The number of carbonyl (C=O) groups excluding carboxylic acids is 1. The molecule has 28 heavy (non-hydrogen) atoms. The van der Waals surface area contributed by atoms with E-state index in [0.29, 0.717) is 11.8 Å². The molecule has 1 aromatic carbocycles. The van der Waals surface area contributed by atoms with Crippen molar-refractivity contribution in [3.05, 3.63) is 63.4 Å². The van der Waals surface area contributed by atoms with Gasteiger partial charge in [0.05, 0.1) is 17.3 Å². The predicted molar refractivity (Wildman–Crippen MR) is 116 cm³/mol. The highest BCUT2D eigenvalue weighted by molar-refractivity contribution is 7.10. The molecule has 0 saturated carbocycles. The Bertz CT molecular complexity index is 907. The van der Waals surface area contributed by atoms with Crippen molar-refractivity contribution in [2.75, 3.05) is 18.4 Å². The monoisotopic (exact) mass is 392 g/mol. The third-order valence-corrected chi connectivity index (χ3v) is 7.81. The highest BCUT2D eigenvalue weighted by atomic mass is 32.1. The lowest BCUT2D eigenvalue weighted by molar-refractivity contribution is 0.0762. The molecule has 0 spiro atoms. The first-order valence-electron chi connectivity index (χ1n) is 10.6. The average Bonchev–Trinajstić information content (AvgIpc) is 3.28. The molecule has 1 N–H and O–H groups in total. The maximum Gasteiger partial charge on any atom is 0.255 e. The van der Waals surface area contributed by atoms with Crippen molar-refractivity contribution in [3.8, 4) is 0 Å². The van der Waals surface area contributed by atoms with Gasteiger partial charge in [-0.3, -0.25) is 4.79 Å². The fourth-order valence-electron chi connectivity index (χ4n) is 5.21. The van der Waals surface area contributed by atoms with E-state index in [1.54, 1.807) is 0 Å². The molecule has 3 atom stereocenters. The molecule has 2 aliphatic heterocycles. The molecule has 1 amide bonds. The summed E-state index contributed by atoms with van der Waals surface area (Å²) >= 11 is 1.84. The van der Waals surface area contributed by atoms with Gasteiger partial charge in [-0.15, -0.1) is 11.3 Å². The number of benzene rings is 1. The highest BCUT2D eigenvalue weighted by Gasteiger charge is 2.40. The van der Waals surface area contributed by atoms with Crippen LogP contribution < -0.4 is 5.32 Å². The summed E-state index contributed by atoms with van der Waals surface area (Å²) in [6, 6.07) is 8.81. The van der Waals surface area contributed by atoms with Gasteiger partial charge in [-0.1, -0.05) is 37.1 Å². The summed E-state index contributed by atoms with van der Waals surface area (Å²) in [4.78, 5) is 16.9. The molecule has 4 heteroatoms. The number of hydrogen-bond acceptors (Lipinski definition) is 3. The minimum Gasteiger partial charge on any atom is -0.376 e. The Morgan fingerprint density at radius 1 is 1.14 bits per heavy atom. The Kier molecular flexibility index (Phi) is 4.75. The number of rotatable bonds is 2. The van der Waals surface area contributed by atoms with Gasteiger partial charge in [-0.2, -0.15) is 0 Å². The van der Waals surface area contributed by atoms with Gasteiger partial charge in [0, 0.05) is 23.9 Å². The number of nitrogens with one attached hydrogen (secondary N) is 1. The molecule has 2 aromatic rings. The van der Waals surface area contributed by atoms with Crippen molar-refractivity contribution < 1.29 is 4.79 Å². The van der Waals surface area contributed by atoms with Gasteiger partial charge >= 0.3 is 0 Å². The smallest absolute Gasteiger partial charge is 0.255 e. The van der Waals surface area contributed by atoms with Crippen LogP contribution in [-0.2, 0) is 0 Å². The number of hydrogen-bond donors (Lipinski definition) is 1. The number of allylic oxidation sites excluding steroid dienone is 2. The van der Waals surface area contributed by atoms with Crippen LogP contribution in [0.3, 0.4) is 0 Å². The van der Waals surface area contributed by atoms with Crippen LogP contribution in [0.1, 0.15) is 70.4 Å². The van der Waals surface area contributed by atoms with Crippen LogP contribution in [0.4, 0.5) is 5.69 Å². The van der Waals surface area contributed by atoms with Gasteiger partial charge in [-0.05, 0) is 60.7 Å². The second kappa shape index (κ2) is 7.40. The Morgan fingerprint density at radius 3 is 2.71 bits per heavy atom. The minimum absolute atomic E-state index is 0.202. The van der Waals surface area contributed by atoms with E-state index in [-0.39, 0.29) is 11.9 Å². The van der Waals surface area contributed by atoms with Crippen molar-refractivity contribution in [1.82, 2.24) is 4.90 Å². The molecule has 0 radical (unpaired) electrons. The quantitative estimate of drug-likeness (QED) is 0.645. The molecular weight excluding hydrogens is 364 g/mol. The zero-order valence-electron chi connectivity index (χ0n) is 16.5. The first-order valence-corrected chi connectivity index (χ1v) is 11.5. The number of thiophene rings is 1. The SMILES string of the molecule is Cc1ccsc1C1Nc2c(C(=O)N3CCCCCC3)cccc2C2C=CCC21. The summed E-state index contributed by atoms with van der Waals surface area (Å²) < 4.78 is 0. The van der Waals surface area contributed by atoms with E-state index in [1.807, 2.05) is 17.4 Å². The molecule has 0 bridgehead atoms. The van der Waals surface area contributed by atoms with Crippen molar-refractivity contribution in [2.24, 2.45) is 5.92 Å². The summed E-state index contributed by atoms with van der Waals surface area (Å²) in [6.07, 6.45) is 10.5. The van der Waals surface area contributed by atoms with Crippen molar-refractivity contribution in [3.63, 3.8) is 0 Å². The Balaban J connectivity index is 1.55. The molecular formula is C24H28N2OS. The van der Waals surface area contributed by atoms with Crippen LogP contribution in [0, 0.1) is 12.8 Å². The van der Waals surface area contributed by atoms with E-state index in [0.717, 1.165) is 43.6 Å². The Hall–Kier alpha value is -2.07. The maximum atomic E-state index is 13.4. The highest BCUT2D eigenvalue weighted by Crippen LogP contribution is 2.52. The van der Waals surface area contributed by atoms with Crippen LogP contribution >= 0.6 is 11.3 Å². The third-order valence-electron chi connectivity index (χ3n) is 6.70. The maximum absolute atomic E-state index is 13.4. The van der Waals surface area contributed by atoms with Gasteiger partial charge in [-0.25, -0.2) is 0 Å². The standard InChI is InChI=1S/C24H28N2OS/c1-16-12-15-28-23(16)22-19-10-6-8-17(19)18-9-7-11-20(21(18)25-22)24(27)26-13-4-2-3-5-14-26/h6-9,11-12,15,17,19,22,25H,2-5,10,13-14H2,1H3. The van der Waals surface area contributed by atoms with Crippen LogP contribution in [0.5, 0.6) is 0 Å². The zero-order valence-corrected chi connectivity index (χ0v) is 17.3. The van der Waals surface area contributed by atoms with Gasteiger partial charge in [0.1, 0.15) is 0 Å². The average molecular weight is 393 g/mol. The number of likely N-dealkylation sites (tertiary alicyclic amines) is 1. The number of nitrogens with zero attached hydrogens (tertiary/aromatic N) is 1. The predicted octanol–water partition coefficient (Wildman–Crippen LogP) is 5.90. The molecule has 3 heterocycles. The van der Waals surface area contributed by atoms with E-state index in [9.17, 15) is 4.79 Å². The number of fused-ring (bicyclic) bond motifs is 3. The van der Waals surface area contributed by atoms with Gasteiger partial charge in [0.15, 0.2) is 0 Å².